The summed E-state index contributed by atoms with van der Waals surface area (Å²) in [7, 11) is -3.57. The van der Waals surface area contributed by atoms with Crippen molar-refractivity contribution in [2.24, 2.45) is 0 Å². The standard InChI is InChI=1S/C20H19N3O4S/c24-19(21-12-13-28(26,27)23-17-7-2-1-3-8-17)11-10-16-14-15-6-4-5-9-18(15)22-20(16)25/h1-11,14,23H,12-13H2,(H,21,24)(H,22,25)/b11-10+. The number of fused-ring (bicyclic) bond motifs is 1. The molecular formula is C20H19N3O4S. The van der Waals surface area contributed by atoms with E-state index in [1.165, 1.54) is 12.2 Å². The molecule has 0 saturated heterocycles. The lowest BCUT2D eigenvalue weighted by atomic mass is 10.1. The van der Waals surface area contributed by atoms with Gasteiger partial charge in [0.15, 0.2) is 0 Å². The number of rotatable bonds is 7. The van der Waals surface area contributed by atoms with E-state index in [2.05, 4.69) is 15.0 Å². The highest BCUT2D eigenvalue weighted by Crippen LogP contribution is 2.11. The maximum absolute atomic E-state index is 12.0. The minimum absolute atomic E-state index is 0.0561. The van der Waals surface area contributed by atoms with Gasteiger partial charge in [-0.25, -0.2) is 8.42 Å². The highest BCUT2D eigenvalue weighted by molar-refractivity contribution is 7.92. The molecule has 1 heterocycles. The number of carbonyl (C=O) groups excluding carboxylic acids is 1. The lowest BCUT2D eigenvalue weighted by Crippen LogP contribution is -2.30. The largest absolute Gasteiger partial charge is 0.351 e. The Morgan fingerprint density at radius 2 is 1.75 bits per heavy atom. The minimum atomic E-state index is -3.57. The zero-order valence-corrected chi connectivity index (χ0v) is 15.7. The second-order valence-corrected chi connectivity index (χ2v) is 7.89. The Morgan fingerprint density at radius 3 is 2.54 bits per heavy atom. The van der Waals surface area contributed by atoms with Gasteiger partial charge in [-0.15, -0.1) is 0 Å². The predicted molar refractivity (Wildman–Crippen MR) is 110 cm³/mol. The monoisotopic (exact) mass is 397 g/mol. The highest BCUT2D eigenvalue weighted by Gasteiger charge is 2.10. The molecular weight excluding hydrogens is 378 g/mol. The number of para-hydroxylation sites is 2. The number of hydrogen-bond acceptors (Lipinski definition) is 4. The van der Waals surface area contributed by atoms with Gasteiger partial charge in [0.25, 0.3) is 5.56 Å². The van der Waals surface area contributed by atoms with Crippen LogP contribution in [0.15, 0.2) is 71.5 Å². The van der Waals surface area contributed by atoms with Gasteiger partial charge >= 0.3 is 0 Å². The topological polar surface area (TPSA) is 108 Å². The fraction of sp³-hybridized carbons (Fsp3) is 0.100. The second-order valence-electron chi connectivity index (χ2n) is 6.05. The number of sulfonamides is 1. The van der Waals surface area contributed by atoms with Crippen molar-refractivity contribution in [1.82, 2.24) is 10.3 Å². The number of carbonyl (C=O) groups is 1. The van der Waals surface area contributed by atoms with Crippen LogP contribution >= 0.6 is 0 Å². The van der Waals surface area contributed by atoms with E-state index in [0.29, 0.717) is 16.8 Å². The van der Waals surface area contributed by atoms with E-state index in [9.17, 15) is 18.0 Å². The van der Waals surface area contributed by atoms with Gasteiger partial charge in [-0.3, -0.25) is 14.3 Å². The van der Waals surface area contributed by atoms with Crippen LogP contribution in [0, 0.1) is 0 Å². The Hall–Kier alpha value is -3.39. The molecule has 2 aromatic carbocycles. The predicted octanol–water partition coefficient (Wildman–Crippen LogP) is 2.10. The lowest BCUT2D eigenvalue weighted by molar-refractivity contribution is -0.116. The summed E-state index contributed by atoms with van der Waals surface area (Å²) >= 11 is 0. The summed E-state index contributed by atoms with van der Waals surface area (Å²) < 4.78 is 26.4. The average Bonchev–Trinajstić information content (AvgIpc) is 2.66. The number of benzene rings is 2. The average molecular weight is 397 g/mol. The van der Waals surface area contributed by atoms with Crippen molar-refractivity contribution in [1.29, 1.82) is 0 Å². The van der Waals surface area contributed by atoms with Gasteiger partial charge in [0.05, 0.1) is 5.75 Å². The first-order valence-electron chi connectivity index (χ1n) is 8.56. The molecule has 144 valence electrons. The maximum atomic E-state index is 12.0. The normalized spacial score (nSPS) is 11.6. The molecule has 1 amide bonds. The minimum Gasteiger partial charge on any atom is -0.351 e. The Bertz CT molecular complexity index is 1170. The van der Waals surface area contributed by atoms with Gasteiger partial charge < -0.3 is 10.3 Å². The number of nitrogens with one attached hydrogen (secondary N) is 3. The molecule has 0 unspecified atom stereocenters. The number of aromatic nitrogens is 1. The third-order valence-electron chi connectivity index (χ3n) is 3.91. The summed E-state index contributed by atoms with van der Waals surface area (Å²) in [5.74, 6) is -0.750. The zero-order valence-electron chi connectivity index (χ0n) is 14.9. The van der Waals surface area contributed by atoms with Crippen molar-refractivity contribution in [3.8, 4) is 0 Å². The van der Waals surface area contributed by atoms with Gasteiger partial charge in [-0.1, -0.05) is 36.4 Å². The number of hydrogen-bond donors (Lipinski definition) is 3. The van der Waals surface area contributed by atoms with Crippen molar-refractivity contribution in [3.05, 3.63) is 82.7 Å². The van der Waals surface area contributed by atoms with Crippen LogP contribution in [-0.4, -0.2) is 31.6 Å². The number of anilines is 1. The summed E-state index contributed by atoms with van der Waals surface area (Å²) in [4.78, 5) is 26.7. The molecule has 0 atom stereocenters. The maximum Gasteiger partial charge on any atom is 0.255 e. The Balaban J connectivity index is 1.56. The molecule has 28 heavy (non-hydrogen) atoms. The number of aromatic amines is 1. The van der Waals surface area contributed by atoms with E-state index in [0.717, 1.165) is 5.39 Å². The van der Waals surface area contributed by atoms with Crippen molar-refractivity contribution < 1.29 is 13.2 Å². The first kappa shape index (κ1) is 19.4. The SMILES string of the molecule is O=C(/C=C/c1cc2ccccc2[nH]c1=O)NCCS(=O)(=O)Nc1ccccc1. The Morgan fingerprint density at radius 1 is 1.04 bits per heavy atom. The van der Waals surface area contributed by atoms with Crippen LogP contribution in [0.25, 0.3) is 17.0 Å². The summed E-state index contributed by atoms with van der Waals surface area (Å²) in [6.07, 6.45) is 2.61. The number of pyridine rings is 1. The van der Waals surface area contributed by atoms with E-state index in [-0.39, 0.29) is 17.9 Å². The summed E-state index contributed by atoms with van der Waals surface area (Å²) in [5, 5.41) is 3.34. The van der Waals surface area contributed by atoms with E-state index in [1.54, 1.807) is 42.5 Å². The fourth-order valence-corrected chi connectivity index (χ4v) is 3.53. The smallest absolute Gasteiger partial charge is 0.255 e. The number of amides is 1. The Labute approximate surface area is 162 Å². The Kier molecular flexibility index (Phi) is 5.90. The van der Waals surface area contributed by atoms with Crippen LogP contribution in [0.4, 0.5) is 5.69 Å². The van der Waals surface area contributed by atoms with Crippen molar-refractivity contribution in [3.63, 3.8) is 0 Å². The van der Waals surface area contributed by atoms with Crippen LogP contribution in [0.2, 0.25) is 0 Å². The fourth-order valence-electron chi connectivity index (χ4n) is 2.56. The molecule has 3 aromatic rings. The molecule has 0 spiro atoms. The van der Waals surface area contributed by atoms with Crippen molar-refractivity contribution in [2.75, 3.05) is 17.0 Å². The molecule has 7 nitrogen and oxygen atoms in total. The van der Waals surface area contributed by atoms with Crippen LogP contribution in [0.3, 0.4) is 0 Å². The van der Waals surface area contributed by atoms with Crippen LogP contribution in [0.1, 0.15) is 5.56 Å². The molecule has 8 heteroatoms. The first-order valence-corrected chi connectivity index (χ1v) is 10.2. The van der Waals surface area contributed by atoms with Crippen molar-refractivity contribution >= 4 is 38.6 Å². The van der Waals surface area contributed by atoms with E-state index < -0.39 is 15.9 Å². The third kappa shape index (κ3) is 5.31. The molecule has 0 aliphatic rings. The van der Waals surface area contributed by atoms with E-state index in [1.807, 2.05) is 18.2 Å². The van der Waals surface area contributed by atoms with Gasteiger partial charge in [0.2, 0.25) is 15.9 Å². The molecule has 0 radical (unpaired) electrons. The van der Waals surface area contributed by atoms with Crippen LogP contribution in [0.5, 0.6) is 0 Å². The van der Waals surface area contributed by atoms with Crippen molar-refractivity contribution in [2.45, 2.75) is 0 Å². The molecule has 0 fully saturated rings. The van der Waals surface area contributed by atoms with Gasteiger partial charge in [0, 0.05) is 29.4 Å². The molecule has 3 N–H and O–H groups in total. The highest BCUT2D eigenvalue weighted by atomic mass is 32.2. The molecule has 3 rings (SSSR count). The first-order chi connectivity index (χ1) is 13.4. The summed E-state index contributed by atoms with van der Waals surface area (Å²) in [5.41, 5.74) is 1.21. The summed E-state index contributed by atoms with van der Waals surface area (Å²) in [6, 6.07) is 17.5. The quantitative estimate of drug-likeness (QED) is 0.531. The van der Waals surface area contributed by atoms with E-state index >= 15 is 0 Å². The van der Waals surface area contributed by atoms with Gasteiger partial charge in [-0.05, 0) is 35.7 Å². The zero-order chi connectivity index (χ0) is 20.0. The van der Waals surface area contributed by atoms with Gasteiger partial charge in [0.1, 0.15) is 0 Å². The van der Waals surface area contributed by atoms with E-state index in [4.69, 9.17) is 0 Å². The van der Waals surface area contributed by atoms with Crippen LogP contribution in [-0.2, 0) is 14.8 Å². The second kappa shape index (κ2) is 8.53. The molecule has 0 aliphatic heterocycles. The van der Waals surface area contributed by atoms with Gasteiger partial charge in [-0.2, -0.15) is 0 Å². The molecule has 0 saturated carbocycles. The molecule has 0 aliphatic carbocycles. The number of H-pyrrole nitrogens is 1. The van der Waals surface area contributed by atoms with Crippen LogP contribution < -0.4 is 15.6 Å². The molecule has 1 aromatic heterocycles. The lowest BCUT2D eigenvalue weighted by Gasteiger charge is -2.08. The third-order valence-corrected chi connectivity index (χ3v) is 5.20. The molecule has 0 bridgehead atoms. The summed E-state index contributed by atoms with van der Waals surface area (Å²) in [6.45, 7) is -0.0561.